The van der Waals surface area contributed by atoms with Crippen LogP contribution in [0.3, 0.4) is 0 Å². The number of rotatable bonds is 10. The Labute approximate surface area is 199 Å². The van der Waals surface area contributed by atoms with E-state index in [0.717, 1.165) is 5.56 Å². The molecular formula is C25H28N2O6S. The average Bonchev–Trinajstić information content (AvgIpc) is 2.84. The van der Waals surface area contributed by atoms with Gasteiger partial charge in [0.25, 0.3) is 0 Å². The van der Waals surface area contributed by atoms with Crippen molar-refractivity contribution in [1.29, 1.82) is 0 Å². The Morgan fingerprint density at radius 2 is 1.50 bits per heavy atom. The highest BCUT2D eigenvalue weighted by atomic mass is 32.2. The number of anilines is 1. The van der Waals surface area contributed by atoms with Gasteiger partial charge in [-0.15, -0.1) is 0 Å². The zero-order chi connectivity index (χ0) is 24.7. The molecule has 0 unspecified atom stereocenters. The minimum atomic E-state index is -4.00. The van der Waals surface area contributed by atoms with E-state index in [9.17, 15) is 13.2 Å². The van der Waals surface area contributed by atoms with Crippen LogP contribution in [0.15, 0.2) is 71.6 Å². The fraction of sp³-hybridized carbons (Fsp3) is 0.240. The Morgan fingerprint density at radius 1 is 0.853 bits per heavy atom. The SMILES string of the molecule is COc1ccc(S(=O)(=O)N[C@@H](Cc2ccccc2)C(=O)Nc2ccc(OC)c(OC)c2)cc1C. The normalized spacial score (nSPS) is 12.0. The Hall–Kier alpha value is -3.56. The second kappa shape index (κ2) is 11.0. The van der Waals surface area contributed by atoms with Crippen LogP contribution >= 0.6 is 0 Å². The van der Waals surface area contributed by atoms with Crippen LogP contribution in [0.4, 0.5) is 5.69 Å². The predicted molar refractivity (Wildman–Crippen MR) is 130 cm³/mol. The van der Waals surface area contributed by atoms with E-state index in [1.54, 1.807) is 31.2 Å². The number of hydrogen-bond acceptors (Lipinski definition) is 6. The minimum absolute atomic E-state index is 0.0442. The van der Waals surface area contributed by atoms with Crippen molar-refractivity contribution in [2.24, 2.45) is 0 Å². The number of aryl methyl sites for hydroxylation is 1. The van der Waals surface area contributed by atoms with Crippen LogP contribution in [-0.2, 0) is 21.2 Å². The molecule has 0 fully saturated rings. The van der Waals surface area contributed by atoms with E-state index in [2.05, 4.69) is 10.0 Å². The molecule has 0 aliphatic rings. The van der Waals surface area contributed by atoms with E-state index in [0.29, 0.717) is 28.5 Å². The highest BCUT2D eigenvalue weighted by Crippen LogP contribution is 2.30. The van der Waals surface area contributed by atoms with Crippen molar-refractivity contribution in [2.45, 2.75) is 24.3 Å². The molecule has 0 saturated heterocycles. The van der Waals surface area contributed by atoms with Crippen LogP contribution in [0.1, 0.15) is 11.1 Å². The zero-order valence-corrected chi connectivity index (χ0v) is 20.3. The van der Waals surface area contributed by atoms with Crippen molar-refractivity contribution in [3.05, 3.63) is 77.9 Å². The molecule has 1 amide bonds. The van der Waals surface area contributed by atoms with Crippen LogP contribution in [0.2, 0.25) is 0 Å². The van der Waals surface area contributed by atoms with Crippen molar-refractivity contribution in [3.8, 4) is 17.2 Å². The summed E-state index contributed by atoms with van der Waals surface area (Å²) in [5, 5.41) is 2.77. The second-order valence-corrected chi connectivity index (χ2v) is 9.27. The summed E-state index contributed by atoms with van der Waals surface area (Å²) in [5.41, 5.74) is 1.92. The van der Waals surface area contributed by atoms with Crippen LogP contribution in [0, 0.1) is 6.92 Å². The fourth-order valence-electron chi connectivity index (χ4n) is 3.45. The van der Waals surface area contributed by atoms with Crippen molar-refractivity contribution in [1.82, 2.24) is 4.72 Å². The molecule has 0 aliphatic heterocycles. The van der Waals surface area contributed by atoms with Gasteiger partial charge in [-0.25, -0.2) is 8.42 Å². The molecule has 0 radical (unpaired) electrons. The lowest BCUT2D eigenvalue weighted by Crippen LogP contribution is -2.45. The molecule has 3 rings (SSSR count). The maximum absolute atomic E-state index is 13.2. The zero-order valence-electron chi connectivity index (χ0n) is 19.5. The van der Waals surface area contributed by atoms with Gasteiger partial charge in [0.15, 0.2) is 11.5 Å². The number of hydrogen-bond donors (Lipinski definition) is 2. The van der Waals surface area contributed by atoms with Crippen LogP contribution in [-0.4, -0.2) is 41.7 Å². The number of sulfonamides is 1. The topological polar surface area (TPSA) is 103 Å². The van der Waals surface area contributed by atoms with Crippen molar-refractivity contribution < 1.29 is 27.4 Å². The maximum atomic E-state index is 13.2. The quantitative estimate of drug-likeness (QED) is 0.456. The van der Waals surface area contributed by atoms with Gasteiger partial charge >= 0.3 is 0 Å². The molecule has 0 aromatic heterocycles. The molecule has 0 heterocycles. The number of amides is 1. The van der Waals surface area contributed by atoms with Gasteiger partial charge in [-0.2, -0.15) is 4.72 Å². The summed E-state index contributed by atoms with van der Waals surface area (Å²) in [5.74, 6) is 1.02. The van der Waals surface area contributed by atoms with Crippen LogP contribution < -0.4 is 24.2 Å². The lowest BCUT2D eigenvalue weighted by molar-refractivity contribution is -0.117. The minimum Gasteiger partial charge on any atom is -0.496 e. The third-order valence-corrected chi connectivity index (χ3v) is 6.69. The lowest BCUT2D eigenvalue weighted by atomic mass is 10.1. The Balaban J connectivity index is 1.89. The molecule has 34 heavy (non-hydrogen) atoms. The molecule has 3 aromatic carbocycles. The Bertz CT molecular complexity index is 1250. The van der Waals surface area contributed by atoms with E-state index >= 15 is 0 Å². The lowest BCUT2D eigenvalue weighted by Gasteiger charge is -2.20. The van der Waals surface area contributed by atoms with Gasteiger partial charge in [-0.05, 0) is 54.8 Å². The number of benzene rings is 3. The van der Waals surface area contributed by atoms with Gasteiger partial charge in [-0.1, -0.05) is 30.3 Å². The molecule has 180 valence electrons. The summed E-state index contributed by atoms with van der Waals surface area (Å²) in [6.45, 7) is 1.75. The largest absolute Gasteiger partial charge is 0.496 e. The first-order chi connectivity index (χ1) is 16.3. The molecule has 1 atom stereocenters. The third kappa shape index (κ3) is 6.06. The van der Waals surface area contributed by atoms with Crippen LogP contribution in [0.25, 0.3) is 0 Å². The predicted octanol–water partition coefficient (Wildman–Crippen LogP) is 3.55. The molecule has 2 N–H and O–H groups in total. The number of ether oxygens (including phenoxy) is 3. The number of carbonyl (C=O) groups excluding carboxylic acids is 1. The molecule has 3 aromatic rings. The summed E-state index contributed by atoms with van der Waals surface area (Å²) in [7, 11) is 0.526. The van der Waals surface area contributed by atoms with Crippen molar-refractivity contribution >= 4 is 21.6 Å². The summed E-state index contributed by atoms with van der Waals surface area (Å²) in [4.78, 5) is 13.3. The maximum Gasteiger partial charge on any atom is 0.242 e. The van der Waals surface area contributed by atoms with E-state index < -0.39 is 22.0 Å². The highest BCUT2D eigenvalue weighted by Gasteiger charge is 2.27. The van der Waals surface area contributed by atoms with Gasteiger partial charge in [0.05, 0.1) is 26.2 Å². The molecule has 0 spiro atoms. The number of methoxy groups -OCH3 is 3. The van der Waals surface area contributed by atoms with E-state index in [1.807, 2.05) is 30.3 Å². The van der Waals surface area contributed by atoms with E-state index in [4.69, 9.17) is 14.2 Å². The summed E-state index contributed by atoms with van der Waals surface area (Å²) in [6.07, 6.45) is 0.161. The van der Waals surface area contributed by atoms with Crippen molar-refractivity contribution in [3.63, 3.8) is 0 Å². The summed E-state index contributed by atoms with van der Waals surface area (Å²) < 4.78 is 44.6. The average molecular weight is 485 g/mol. The summed E-state index contributed by atoms with van der Waals surface area (Å²) >= 11 is 0. The first kappa shape index (κ1) is 25.1. The molecule has 0 bridgehead atoms. The first-order valence-corrected chi connectivity index (χ1v) is 12.0. The molecule has 9 heteroatoms. The highest BCUT2D eigenvalue weighted by molar-refractivity contribution is 7.89. The van der Waals surface area contributed by atoms with Gasteiger partial charge < -0.3 is 19.5 Å². The smallest absolute Gasteiger partial charge is 0.242 e. The molecule has 8 nitrogen and oxygen atoms in total. The van der Waals surface area contributed by atoms with E-state index in [1.165, 1.54) is 33.5 Å². The standard InChI is InChI=1S/C25H28N2O6S/c1-17-14-20(11-13-22(17)31-2)34(29,30)27-21(15-18-8-6-5-7-9-18)25(28)26-19-10-12-23(32-3)24(16-19)33-4/h5-14,16,21,27H,15H2,1-4H3,(H,26,28)/t21-/m0/s1. The second-order valence-electron chi connectivity index (χ2n) is 7.55. The number of nitrogens with one attached hydrogen (secondary N) is 2. The van der Waals surface area contributed by atoms with Gasteiger partial charge in [0.1, 0.15) is 11.8 Å². The molecular weight excluding hydrogens is 456 g/mol. The number of carbonyl (C=O) groups is 1. The van der Waals surface area contributed by atoms with Crippen molar-refractivity contribution in [2.75, 3.05) is 26.6 Å². The van der Waals surface area contributed by atoms with Crippen LogP contribution in [0.5, 0.6) is 17.2 Å². The molecule has 0 aliphatic carbocycles. The summed E-state index contributed by atoms with van der Waals surface area (Å²) in [6, 6.07) is 17.6. The monoisotopic (exact) mass is 484 g/mol. The van der Waals surface area contributed by atoms with Gasteiger partial charge in [0, 0.05) is 11.8 Å². The third-order valence-electron chi connectivity index (χ3n) is 5.22. The first-order valence-electron chi connectivity index (χ1n) is 10.5. The molecule has 0 saturated carbocycles. The van der Waals surface area contributed by atoms with Gasteiger partial charge in [-0.3, -0.25) is 4.79 Å². The van der Waals surface area contributed by atoms with Gasteiger partial charge in [0.2, 0.25) is 15.9 Å². The Kier molecular flexibility index (Phi) is 8.14. The Morgan fingerprint density at radius 3 is 2.12 bits per heavy atom. The fourth-order valence-corrected chi connectivity index (χ4v) is 4.73. The van der Waals surface area contributed by atoms with E-state index in [-0.39, 0.29) is 11.3 Å².